The Morgan fingerprint density at radius 1 is 0.710 bits per heavy atom. The smallest absolute Gasteiger partial charge is 0.134 e. The Bertz CT molecular complexity index is 1330. The molecule has 0 aliphatic carbocycles. The summed E-state index contributed by atoms with van der Waals surface area (Å²) in [5, 5.41) is 5.75. The largest absolute Gasteiger partial charge is 0.397 e. The zero-order chi connectivity index (χ0) is 21.0. The SMILES string of the molecule is Nc1cncc(-c2cnc(NCc3ccccc3)c3c(-c4ccccc4)cccc23)c1. The van der Waals surface area contributed by atoms with Crippen molar-refractivity contribution < 1.29 is 0 Å². The van der Waals surface area contributed by atoms with Gasteiger partial charge in [-0.25, -0.2) is 4.98 Å². The first kappa shape index (κ1) is 18.8. The molecule has 5 rings (SSSR count). The monoisotopic (exact) mass is 402 g/mol. The van der Waals surface area contributed by atoms with E-state index in [1.807, 2.05) is 42.7 Å². The van der Waals surface area contributed by atoms with Crippen molar-refractivity contribution in [2.24, 2.45) is 0 Å². The molecular weight excluding hydrogens is 380 g/mol. The molecule has 0 aliphatic rings. The molecule has 0 saturated carbocycles. The van der Waals surface area contributed by atoms with Gasteiger partial charge in [0.25, 0.3) is 0 Å². The highest BCUT2D eigenvalue weighted by Gasteiger charge is 2.14. The second-order valence-corrected chi connectivity index (χ2v) is 7.46. The summed E-state index contributed by atoms with van der Waals surface area (Å²) in [6.07, 6.45) is 5.39. The number of nitrogen functional groups attached to an aromatic ring is 1. The highest BCUT2D eigenvalue weighted by molar-refractivity contribution is 6.09. The number of hydrogen-bond acceptors (Lipinski definition) is 4. The molecular formula is C27H22N4. The van der Waals surface area contributed by atoms with Crippen LogP contribution in [0.25, 0.3) is 33.0 Å². The molecule has 150 valence electrons. The fraction of sp³-hybridized carbons (Fsp3) is 0.0370. The third-order valence-corrected chi connectivity index (χ3v) is 5.37. The normalized spacial score (nSPS) is 10.8. The van der Waals surface area contributed by atoms with E-state index >= 15 is 0 Å². The van der Waals surface area contributed by atoms with Crippen molar-refractivity contribution in [3.8, 4) is 22.3 Å². The lowest BCUT2D eigenvalue weighted by Crippen LogP contribution is -2.03. The van der Waals surface area contributed by atoms with Crippen LogP contribution in [-0.2, 0) is 6.54 Å². The van der Waals surface area contributed by atoms with Gasteiger partial charge in [0.2, 0.25) is 0 Å². The molecule has 5 aromatic rings. The van der Waals surface area contributed by atoms with Crippen molar-refractivity contribution in [1.82, 2.24) is 9.97 Å². The van der Waals surface area contributed by atoms with Gasteiger partial charge in [0.1, 0.15) is 5.82 Å². The third kappa shape index (κ3) is 3.83. The first-order valence-corrected chi connectivity index (χ1v) is 10.3. The molecule has 0 fully saturated rings. The van der Waals surface area contributed by atoms with E-state index < -0.39 is 0 Å². The van der Waals surface area contributed by atoms with Crippen LogP contribution in [0.3, 0.4) is 0 Å². The van der Waals surface area contributed by atoms with E-state index in [0.717, 1.165) is 38.8 Å². The van der Waals surface area contributed by atoms with Gasteiger partial charge < -0.3 is 11.1 Å². The van der Waals surface area contributed by atoms with Crippen molar-refractivity contribution in [2.75, 3.05) is 11.1 Å². The number of nitrogens with two attached hydrogens (primary N) is 1. The van der Waals surface area contributed by atoms with E-state index in [2.05, 4.69) is 64.9 Å². The molecule has 4 nitrogen and oxygen atoms in total. The quantitative estimate of drug-likeness (QED) is 0.370. The van der Waals surface area contributed by atoms with Crippen molar-refractivity contribution in [2.45, 2.75) is 6.54 Å². The molecule has 2 heterocycles. The summed E-state index contributed by atoms with van der Waals surface area (Å²) >= 11 is 0. The molecule has 0 spiro atoms. The van der Waals surface area contributed by atoms with Crippen LogP contribution in [-0.4, -0.2) is 9.97 Å². The predicted molar refractivity (Wildman–Crippen MR) is 129 cm³/mol. The second-order valence-electron chi connectivity index (χ2n) is 7.46. The first-order valence-electron chi connectivity index (χ1n) is 10.3. The van der Waals surface area contributed by atoms with Crippen LogP contribution in [0.1, 0.15) is 5.56 Å². The number of rotatable bonds is 5. The van der Waals surface area contributed by atoms with Crippen LogP contribution in [0.2, 0.25) is 0 Å². The van der Waals surface area contributed by atoms with Gasteiger partial charge in [0.15, 0.2) is 0 Å². The highest BCUT2D eigenvalue weighted by Crippen LogP contribution is 2.38. The predicted octanol–water partition coefficient (Wildman–Crippen LogP) is 6.16. The Morgan fingerprint density at radius 3 is 2.26 bits per heavy atom. The summed E-state index contributed by atoms with van der Waals surface area (Å²) in [6.45, 7) is 0.700. The van der Waals surface area contributed by atoms with E-state index in [9.17, 15) is 0 Å². The topological polar surface area (TPSA) is 63.8 Å². The number of anilines is 2. The summed E-state index contributed by atoms with van der Waals surface area (Å²) in [5.74, 6) is 0.860. The lowest BCUT2D eigenvalue weighted by Gasteiger charge is -2.16. The highest BCUT2D eigenvalue weighted by atomic mass is 15.0. The zero-order valence-corrected chi connectivity index (χ0v) is 17.0. The minimum absolute atomic E-state index is 0.635. The summed E-state index contributed by atoms with van der Waals surface area (Å²) in [7, 11) is 0. The number of nitrogens with zero attached hydrogens (tertiary/aromatic N) is 2. The Hall–Kier alpha value is -4.18. The number of hydrogen-bond donors (Lipinski definition) is 2. The molecule has 4 heteroatoms. The fourth-order valence-electron chi connectivity index (χ4n) is 3.90. The molecule has 31 heavy (non-hydrogen) atoms. The fourth-order valence-corrected chi connectivity index (χ4v) is 3.90. The Morgan fingerprint density at radius 2 is 1.48 bits per heavy atom. The van der Waals surface area contributed by atoms with Crippen molar-refractivity contribution >= 4 is 22.3 Å². The van der Waals surface area contributed by atoms with Gasteiger partial charge in [-0.15, -0.1) is 0 Å². The van der Waals surface area contributed by atoms with Crippen LogP contribution in [0.4, 0.5) is 11.5 Å². The first-order chi connectivity index (χ1) is 15.3. The average Bonchev–Trinajstić information content (AvgIpc) is 2.83. The van der Waals surface area contributed by atoms with E-state index in [1.54, 1.807) is 6.20 Å². The maximum atomic E-state index is 6.01. The third-order valence-electron chi connectivity index (χ3n) is 5.37. The number of benzene rings is 3. The van der Waals surface area contributed by atoms with Gasteiger partial charge in [-0.05, 0) is 28.1 Å². The zero-order valence-electron chi connectivity index (χ0n) is 17.0. The molecule has 0 amide bonds. The molecule has 3 aromatic carbocycles. The molecule has 3 N–H and O–H groups in total. The van der Waals surface area contributed by atoms with Gasteiger partial charge in [-0.1, -0.05) is 78.9 Å². The minimum atomic E-state index is 0.635. The van der Waals surface area contributed by atoms with Gasteiger partial charge in [0, 0.05) is 41.6 Å². The van der Waals surface area contributed by atoms with Gasteiger partial charge >= 0.3 is 0 Å². The van der Waals surface area contributed by atoms with E-state index in [1.165, 1.54) is 5.56 Å². The van der Waals surface area contributed by atoms with Gasteiger partial charge in [0.05, 0.1) is 5.69 Å². The molecule has 2 aromatic heterocycles. The lowest BCUT2D eigenvalue weighted by atomic mass is 9.94. The molecule has 0 atom stereocenters. The summed E-state index contributed by atoms with van der Waals surface area (Å²) in [5.41, 5.74) is 12.1. The van der Waals surface area contributed by atoms with Gasteiger partial charge in [-0.3, -0.25) is 4.98 Å². The molecule has 0 aliphatic heterocycles. The van der Waals surface area contributed by atoms with Crippen LogP contribution < -0.4 is 11.1 Å². The summed E-state index contributed by atoms with van der Waals surface area (Å²) in [4.78, 5) is 9.11. The number of fused-ring (bicyclic) bond motifs is 1. The van der Waals surface area contributed by atoms with Crippen LogP contribution in [0.15, 0.2) is 104 Å². The summed E-state index contributed by atoms with van der Waals surface area (Å²) in [6, 6.07) is 29.1. The van der Waals surface area contributed by atoms with Crippen LogP contribution in [0, 0.1) is 0 Å². The van der Waals surface area contributed by atoms with Crippen molar-refractivity contribution in [1.29, 1.82) is 0 Å². The van der Waals surface area contributed by atoms with Gasteiger partial charge in [-0.2, -0.15) is 0 Å². The molecule has 0 bridgehead atoms. The number of pyridine rings is 2. The maximum absolute atomic E-state index is 6.01. The van der Waals surface area contributed by atoms with E-state index in [0.29, 0.717) is 12.2 Å². The minimum Gasteiger partial charge on any atom is -0.397 e. The van der Waals surface area contributed by atoms with E-state index in [-0.39, 0.29) is 0 Å². The standard InChI is InChI=1S/C27H22N4/c28-22-14-21(16-29-17-22)25-18-31-27(30-15-19-8-3-1-4-9-19)26-23(12-7-13-24(25)26)20-10-5-2-6-11-20/h1-14,16-18H,15,28H2,(H,30,31). The van der Waals surface area contributed by atoms with Crippen molar-refractivity contribution in [3.05, 3.63) is 109 Å². The van der Waals surface area contributed by atoms with Crippen molar-refractivity contribution in [3.63, 3.8) is 0 Å². The van der Waals surface area contributed by atoms with Crippen LogP contribution >= 0.6 is 0 Å². The molecule has 0 radical (unpaired) electrons. The number of nitrogens with one attached hydrogen (secondary N) is 1. The Kier molecular flexibility index (Phi) is 5.03. The maximum Gasteiger partial charge on any atom is 0.134 e. The van der Waals surface area contributed by atoms with Crippen LogP contribution in [0.5, 0.6) is 0 Å². The Labute approximate surface area is 181 Å². The number of aromatic nitrogens is 2. The molecule has 0 unspecified atom stereocenters. The average molecular weight is 403 g/mol. The lowest BCUT2D eigenvalue weighted by molar-refractivity contribution is 1.12. The Balaban J connectivity index is 1.70. The van der Waals surface area contributed by atoms with E-state index in [4.69, 9.17) is 10.7 Å². The second kappa shape index (κ2) is 8.28. The summed E-state index contributed by atoms with van der Waals surface area (Å²) < 4.78 is 0. The molecule has 0 saturated heterocycles.